The minimum Gasteiger partial charge on any atom is -0.508 e. The number of nitrogens with one attached hydrogen (secondary N) is 1. The lowest BCUT2D eigenvalue weighted by Crippen LogP contribution is -2.19. The molecule has 0 bridgehead atoms. The molecular formula is C15H12N2O4S. The topological polar surface area (TPSA) is 95.1 Å². The van der Waals surface area contributed by atoms with Gasteiger partial charge in [-0.3, -0.25) is 9.79 Å². The van der Waals surface area contributed by atoms with Crippen LogP contribution in [0, 0.1) is 0 Å². The van der Waals surface area contributed by atoms with Gasteiger partial charge in [0.15, 0.2) is 5.17 Å². The number of rotatable bonds is 3. The normalized spacial score (nSPS) is 18.1. The molecule has 0 aliphatic carbocycles. The zero-order valence-electron chi connectivity index (χ0n) is 11.3. The number of benzene rings is 1. The smallest absolute Gasteiger partial charge is 0.264 e. The molecule has 0 saturated carbocycles. The van der Waals surface area contributed by atoms with Gasteiger partial charge in [-0.25, -0.2) is 0 Å². The van der Waals surface area contributed by atoms with E-state index in [1.165, 1.54) is 30.0 Å². The van der Waals surface area contributed by atoms with E-state index in [0.717, 1.165) is 0 Å². The van der Waals surface area contributed by atoms with Crippen molar-refractivity contribution in [1.29, 1.82) is 0 Å². The molecule has 22 heavy (non-hydrogen) atoms. The first-order valence-corrected chi connectivity index (χ1v) is 7.23. The van der Waals surface area contributed by atoms with Gasteiger partial charge < -0.3 is 19.9 Å². The Labute approximate surface area is 130 Å². The average Bonchev–Trinajstić information content (AvgIpc) is 3.10. The quantitative estimate of drug-likeness (QED) is 0.756. The van der Waals surface area contributed by atoms with Crippen molar-refractivity contribution >= 4 is 28.9 Å². The van der Waals surface area contributed by atoms with E-state index in [-0.39, 0.29) is 17.4 Å². The molecule has 6 nitrogen and oxygen atoms in total. The lowest BCUT2D eigenvalue weighted by molar-refractivity contribution is -0.115. The van der Waals surface area contributed by atoms with Crippen LogP contribution in [0.2, 0.25) is 0 Å². The third-order valence-corrected chi connectivity index (χ3v) is 3.86. The van der Waals surface area contributed by atoms with Gasteiger partial charge in [-0.2, -0.15) is 0 Å². The van der Waals surface area contributed by atoms with Crippen LogP contribution in [0.4, 0.5) is 0 Å². The highest BCUT2D eigenvalue weighted by Crippen LogP contribution is 2.30. The van der Waals surface area contributed by atoms with E-state index in [1.807, 2.05) is 0 Å². The number of aliphatic imine (C=N–C) groups is 1. The first kappa shape index (κ1) is 14.3. The maximum absolute atomic E-state index is 11.9. The van der Waals surface area contributed by atoms with Crippen molar-refractivity contribution in [3.63, 3.8) is 0 Å². The van der Waals surface area contributed by atoms with Gasteiger partial charge in [0.25, 0.3) is 5.91 Å². The molecule has 1 aromatic heterocycles. The first-order valence-electron chi connectivity index (χ1n) is 6.41. The Hall–Kier alpha value is -2.67. The Morgan fingerprint density at radius 2 is 2.18 bits per heavy atom. The number of carbonyl (C=O) groups excluding carboxylic acids is 1. The second-order valence-electron chi connectivity index (χ2n) is 4.51. The Morgan fingerprint density at radius 1 is 1.32 bits per heavy atom. The molecule has 1 amide bonds. The maximum Gasteiger partial charge on any atom is 0.264 e. The van der Waals surface area contributed by atoms with Gasteiger partial charge in [-0.15, -0.1) is 0 Å². The largest absolute Gasteiger partial charge is 0.508 e. The van der Waals surface area contributed by atoms with Crippen molar-refractivity contribution in [2.75, 3.05) is 0 Å². The van der Waals surface area contributed by atoms with E-state index in [4.69, 9.17) is 4.42 Å². The fourth-order valence-electron chi connectivity index (χ4n) is 1.85. The van der Waals surface area contributed by atoms with Crippen molar-refractivity contribution in [2.24, 2.45) is 4.99 Å². The second-order valence-corrected chi connectivity index (χ2v) is 5.54. The number of aromatic hydroxyl groups is 2. The lowest BCUT2D eigenvalue weighted by Gasteiger charge is -2.00. The van der Waals surface area contributed by atoms with Gasteiger partial charge in [0, 0.05) is 11.6 Å². The number of carbonyl (C=O) groups is 1. The predicted molar refractivity (Wildman–Crippen MR) is 83.3 cm³/mol. The molecule has 3 rings (SSSR count). The molecule has 1 aliphatic rings. The number of thioether (sulfide) groups is 1. The number of furan rings is 1. The van der Waals surface area contributed by atoms with E-state index in [9.17, 15) is 15.0 Å². The SMILES string of the molecule is O=C1NC(=NCc2ccco2)S/C1=C\c1ccc(O)cc1O. The number of amidine groups is 1. The summed E-state index contributed by atoms with van der Waals surface area (Å²) in [6, 6.07) is 7.76. The van der Waals surface area contributed by atoms with E-state index in [2.05, 4.69) is 10.3 Å². The number of phenols is 2. The molecule has 3 N–H and O–H groups in total. The van der Waals surface area contributed by atoms with Crippen molar-refractivity contribution in [3.8, 4) is 11.5 Å². The molecule has 0 radical (unpaired) electrons. The highest BCUT2D eigenvalue weighted by Gasteiger charge is 2.24. The standard InChI is InChI=1S/C15H12N2O4S/c18-10-4-3-9(12(19)7-10)6-13-14(20)17-15(22-13)16-8-11-2-1-5-21-11/h1-7,18-19H,8H2,(H,16,17,20)/b13-6-. The van der Waals surface area contributed by atoms with Crippen molar-refractivity contribution < 1.29 is 19.4 Å². The summed E-state index contributed by atoms with van der Waals surface area (Å²) in [5.41, 5.74) is 0.447. The zero-order valence-corrected chi connectivity index (χ0v) is 12.1. The zero-order chi connectivity index (χ0) is 15.5. The van der Waals surface area contributed by atoms with Crippen LogP contribution in [0.5, 0.6) is 11.5 Å². The summed E-state index contributed by atoms with van der Waals surface area (Å²) in [6.07, 6.45) is 3.11. The highest BCUT2D eigenvalue weighted by molar-refractivity contribution is 8.18. The van der Waals surface area contributed by atoms with Gasteiger partial charge in [0.1, 0.15) is 17.3 Å². The maximum atomic E-state index is 11.9. The second kappa shape index (κ2) is 5.98. The van der Waals surface area contributed by atoms with E-state index in [1.54, 1.807) is 24.5 Å². The van der Waals surface area contributed by atoms with Gasteiger partial charge >= 0.3 is 0 Å². The summed E-state index contributed by atoms with van der Waals surface area (Å²) in [4.78, 5) is 16.6. The molecule has 1 fully saturated rings. The molecule has 1 saturated heterocycles. The molecule has 0 spiro atoms. The molecule has 1 aromatic carbocycles. The summed E-state index contributed by atoms with van der Waals surface area (Å²) >= 11 is 1.18. The third kappa shape index (κ3) is 3.15. The van der Waals surface area contributed by atoms with Crippen molar-refractivity contribution in [1.82, 2.24) is 5.32 Å². The fraction of sp³-hybridized carbons (Fsp3) is 0.0667. The van der Waals surface area contributed by atoms with Gasteiger partial charge in [0.05, 0.1) is 17.7 Å². The summed E-state index contributed by atoms with van der Waals surface area (Å²) in [6.45, 7) is 0.341. The van der Waals surface area contributed by atoms with Gasteiger partial charge in [-0.05, 0) is 42.1 Å². The summed E-state index contributed by atoms with van der Waals surface area (Å²) < 4.78 is 5.17. The van der Waals surface area contributed by atoms with E-state index in [0.29, 0.717) is 27.9 Å². The van der Waals surface area contributed by atoms with Crippen LogP contribution in [-0.2, 0) is 11.3 Å². The molecular weight excluding hydrogens is 304 g/mol. The minimum absolute atomic E-state index is 0.0381. The number of hydrogen-bond acceptors (Lipinski definition) is 6. The molecule has 2 heterocycles. The van der Waals surface area contributed by atoms with Crippen molar-refractivity contribution in [3.05, 3.63) is 52.8 Å². The number of hydrogen-bond donors (Lipinski definition) is 3. The molecule has 0 unspecified atom stereocenters. The Balaban J connectivity index is 1.76. The molecule has 1 aliphatic heterocycles. The fourth-order valence-corrected chi connectivity index (χ4v) is 2.66. The Bertz CT molecular complexity index is 766. The monoisotopic (exact) mass is 316 g/mol. The molecule has 0 atom stereocenters. The van der Waals surface area contributed by atoms with Crippen LogP contribution < -0.4 is 5.32 Å². The number of nitrogens with zero attached hydrogens (tertiary/aromatic N) is 1. The average molecular weight is 316 g/mol. The molecule has 2 aromatic rings. The summed E-state index contributed by atoms with van der Waals surface area (Å²) in [5.74, 6) is 0.289. The lowest BCUT2D eigenvalue weighted by atomic mass is 10.2. The Kier molecular flexibility index (Phi) is 3.88. The number of amides is 1. The number of phenolic OH excluding ortho intramolecular Hbond substituents is 2. The third-order valence-electron chi connectivity index (χ3n) is 2.91. The van der Waals surface area contributed by atoms with E-state index < -0.39 is 0 Å². The highest BCUT2D eigenvalue weighted by atomic mass is 32.2. The van der Waals surface area contributed by atoms with Crippen LogP contribution in [0.3, 0.4) is 0 Å². The van der Waals surface area contributed by atoms with E-state index >= 15 is 0 Å². The molecule has 7 heteroatoms. The van der Waals surface area contributed by atoms with Crippen LogP contribution in [-0.4, -0.2) is 21.3 Å². The first-order chi connectivity index (χ1) is 10.6. The van der Waals surface area contributed by atoms with Gasteiger partial charge in [-0.1, -0.05) is 0 Å². The van der Waals surface area contributed by atoms with Crippen molar-refractivity contribution in [2.45, 2.75) is 6.54 Å². The Morgan fingerprint density at radius 3 is 2.91 bits per heavy atom. The van der Waals surface area contributed by atoms with Crippen LogP contribution >= 0.6 is 11.8 Å². The summed E-state index contributed by atoms with van der Waals surface area (Å²) in [7, 11) is 0. The van der Waals surface area contributed by atoms with Gasteiger partial charge in [0.2, 0.25) is 0 Å². The van der Waals surface area contributed by atoms with Crippen LogP contribution in [0.1, 0.15) is 11.3 Å². The molecule has 112 valence electrons. The van der Waals surface area contributed by atoms with Crippen LogP contribution in [0.15, 0.2) is 50.9 Å². The summed E-state index contributed by atoms with van der Waals surface area (Å²) in [5, 5.41) is 22.1. The minimum atomic E-state index is -0.282. The van der Waals surface area contributed by atoms with Crippen LogP contribution in [0.25, 0.3) is 6.08 Å². The predicted octanol–water partition coefficient (Wildman–Crippen LogP) is 2.45.